The minimum Gasteiger partial charge on any atom is -0.496 e. The summed E-state index contributed by atoms with van der Waals surface area (Å²) in [6.45, 7) is 4.63. The number of carbonyl (C=O) groups excluding carboxylic acids is 3. The summed E-state index contributed by atoms with van der Waals surface area (Å²) in [7, 11) is 3.11. The molecule has 1 saturated carbocycles. The van der Waals surface area contributed by atoms with Gasteiger partial charge >= 0.3 is 17.9 Å². The fourth-order valence-corrected chi connectivity index (χ4v) is 6.26. The van der Waals surface area contributed by atoms with Crippen molar-refractivity contribution in [2.75, 3.05) is 34.0 Å². The summed E-state index contributed by atoms with van der Waals surface area (Å²) in [5.41, 5.74) is 1.11. The van der Waals surface area contributed by atoms with Crippen molar-refractivity contribution in [2.45, 2.75) is 77.1 Å². The smallest absolute Gasteiger partial charge is 0.338 e. The van der Waals surface area contributed by atoms with Crippen molar-refractivity contribution in [3.05, 3.63) is 53.6 Å². The number of hydrogen-bond acceptors (Lipinski definition) is 10. The maximum atomic E-state index is 13.4. The lowest BCUT2D eigenvalue weighted by Gasteiger charge is -2.42. The van der Waals surface area contributed by atoms with Crippen molar-refractivity contribution >= 4 is 17.9 Å². The molecule has 0 bridgehead atoms. The van der Waals surface area contributed by atoms with Gasteiger partial charge in [-0.15, -0.1) is 0 Å². The molecule has 1 saturated heterocycles. The summed E-state index contributed by atoms with van der Waals surface area (Å²) >= 11 is 0. The minimum atomic E-state index is -0.698. The van der Waals surface area contributed by atoms with Gasteiger partial charge in [0.05, 0.1) is 39.6 Å². The first kappa shape index (κ1) is 33.1. The first-order valence-electron chi connectivity index (χ1n) is 15.5. The van der Waals surface area contributed by atoms with Gasteiger partial charge < -0.3 is 33.2 Å². The second-order valence-corrected chi connectivity index (χ2v) is 11.1. The molecular weight excluding hydrogens is 568 g/mol. The predicted octanol–water partition coefficient (Wildman–Crippen LogP) is 5.85. The molecule has 5 unspecified atom stereocenters. The van der Waals surface area contributed by atoms with Crippen LogP contribution in [0.5, 0.6) is 17.2 Å². The van der Waals surface area contributed by atoms with Gasteiger partial charge in [0, 0.05) is 36.8 Å². The van der Waals surface area contributed by atoms with E-state index < -0.39 is 24.3 Å². The maximum absolute atomic E-state index is 13.4. The number of esters is 3. The Morgan fingerprint density at radius 2 is 1.55 bits per heavy atom. The lowest BCUT2D eigenvalue weighted by atomic mass is 9.67. The number of benzene rings is 2. The normalized spacial score (nSPS) is 23.2. The topological polar surface area (TPSA) is 116 Å². The van der Waals surface area contributed by atoms with Crippen molar-refractivity contribution in [1.29, 1.82) is 0 Å². The summed E-state index contributed by atoms with van der Waals surface area (Å²) < 4.78 is 40.5. The molecular formula is C34H44O10. The van der Waals surface area contributed by atoms with E-state index in [0.29, 0.717) is 47.8 Å². The lowest BCUT2D eigenvalue weighted by molar-refractivity contribution is -0.146. The molecule has 2 aromatic rings. The Morgan fingerprint density at radius 3 is 2.18 bits per heavy atom. The fourth-order valence-electron chi connectivity index (χ4n) is 6.26. The van der Waals surface area contributed by atoms with Gasteiger partial charge in [0.25, 0.3) is 0 Å². The van der Waals surface area contributed by atoms with Crippen LogP contribution in [0.2, 0.25) is 0 Å². The highest BCUT2D eigenvalue weighted by Crippen LogP contribution is 2.50. The molecule has 2 aromatic carbocycles. The number of rotatable bonds is 13. The standard InChI is InChI=1S/C34H44O10/c1-5-40-30(35)18-22-16-24(19-31(36)41-6-2)33(29(17-22)44-34(37)23-12-8-7-9-13-23)25-20-28(27(39-4)21-26(25)38-3)43-32-14-10-11-15-42-32/h7-9,12-13,20-22,24,29,32-33H,5-6,10-11,14-19H2,1-4H3. The molecule has 1 aliphatic heterocycles. The first-order valence-corrected chi connectivity index (χ1v) is 15.5. The van der Waals surface area contributed by atoms with Crippen molar-refractivity contribution in [1.82, 2.24) is 0 Å². The molecule has 10 nitrogen and oxygen atoms in total. The second kappa shape index (κ2) is 16.3. The third kappa shape index (κ3) is 8.65. The molecule has 10 heteroatoms. The summed E-state index contributed by atoms with van der Waals surface area (Å²) in [5, 5.41) is 0. The van der Waals surface area contributed by atoms with Crippen molar-refractivity contribution in [2.24, 2.45) is 11.8 Å². The number of carbonyl (C=O) groups is 3. The Morgan fingerprint density at radius 1 is 0.841 bits per heavy atom. The van der Waals surface area contributed by atoms with Crippen LogP contribution in [-0.4, -0.2) is 64.3 Å². The van der Waals surface area contributed by atoms with Crippen molar-refractivity contribution in [3.63, 3.8) is 0 Å². The van der Waals surface area contributed by atoms with Crippen LogP contribution in [0.15, 0.2) is 42.5 Å². The zero-order valence-electron chi connectivity index (χ0n) is 26.1. The Hall–Kier alpha value is -3.79. The Balaban J connectivity index is 1.78. The minimum absolute atomic E-state index is 0.0638. The van der Waals surface area contributed by atoms with Gasteiger partial charge in [0.2, 0.25) is 0 Å². The van der Waals surface area contributed by atoms with Gasteiger partial charge in [0.1, 0.15) is 11.9 Å². The molecule has 1 heterocycles. The van der Waals surface area contributed by atoms with Crippen LogP contribution in [0.4, 0.5) is 0 Å². The van der Waals surface area contributed by atoms with Crippen LogP contribution in [0.3, 0.4) is 0 Å². The summed E-state index contributed by atoms with van der Waals surface area (Å²) in [6.07, 6.45) is 2.69. The van der Waals surface area contributed by atoms with E-state index >= 15 is 0 Å². The van der Waals surface area contributed by atoms with Gasteiger partial charge in [-0.2, -0.15) is 0 Å². The lowest BCUT2D eigenvalue weighted by Crippen LogP contribution is -2.40. The van der Waals surface area contributed by atoms with Crippen LogP contribution in [-0.2, 0) is 28.5 Å². The van der Waals surface area contributed by atoms with Gasteiger partial charge in [-0.1, -0.05) is 18.2 Å². The molecule has 0 spiro atoms. The van der Waals surface area contributed by atoms with Gasteiger partial charge in [0.15, 0.2) is 17.8 Å². The van der Waals surface area contributed by atoms with E-state index in [4.69, 9.17) is 33.2 Å². The van der Waals surface area contributed by atoms with E-state index in [1.165, 1.54) is 0 Å². The van der Waals surface area contributed by atoms with E-state index in [1.807, 2.05) is 12.1 Å². The van der Waals surface area contributed by atoms with Crippen molar-refractivity contribution in [3.8, 4) is 17.2 Å². The van der Waals surface area contributed by atoms with Crippen molar-refractivity contribution < 1.29 is 47.5 Å². The highest BCUT2D eigenvalue weighted by Gasteiger charge is 2.44. The molecule has 240 valence electrons. The number of ether oxygens (including phenoxy) is 7. The summed E-state index contributed by atoms with van der Waals surface area (Å²) in [5.74, 6) is -0.778. The first-order chi connectivity index (χ1) is 21.4. The third-order valence-electron chi connectivity index (χ3n) is 8.14. The molecule has 0 amide bonds. The monoisotopic (exact) mass is 612 g/mol. The molecule has 4 rings (SSSR count). The van der Waals surface area contributed by atoms with Crippen LogP contribution in [0.25, 0.3) is 0 Å². The maximum Gasteiger partial charge on any atom is 0.338 e. The van der Waals surface area contributed by atoms with Crippen LogP contribution < -0.4 is 14.2 Å². The SMILES string of the molecule is CCOC(=O)CC1CC(CC(=O)OCC)C(c2cc(OC3CCCCO3)c(OC)cc2OC)C(OC(=O)c2ccccc2)C1. The Kier molecular flexibility index (Phi) is 12.3. The molecule has 2 fully saturated rings. The molecule has 0 aromatic heterocycles. The van der Waals surface area contributed by atoms with Crippen LogP contribution in [0.1, 0.15) is 80.6 Å². The van der Waals surface area contributed by atoms with Gasteiger partial charge in [-0.25, -0.2) is 4.79 Å². The molecule has 5 atom stereocenters. The largest absolute Gasteiger partial charge is 0.496 e. The molecule has 0 N–H and O–H groups in total. The highest BCUT2D eigenvalue weighted by atomic mass is 16.7. The van der Waals surface area contributed by atoms with E-state index in [-0.39, 0.29) is 49.8 Å². The zero-order valence-corrected chi connectivity index (χ0v) is 26.1. The Labute approximate surface area is 259 Å². The van der Waals surface area contributed by atoms with E-state index in [2.05, 4.69) is 0 Å². The predicted molar refractivity (Wildman–Crippen MR) is 161 cm³/mol. The second-order valence-electron chi connectivity index (χ2n) is 11.1. The van der Waals surface area contributed by atoms with Gasteiger partial charge in [-0.3, -0.25) is 9.59 Å². The molecule has 44 heavy (non-hydrogen) atoms. The summed E-state index contributed by atoms with van der Waals surface area (Å²) in [6, 6.07) is 12.3. The third-order valence-corrected chi connectivity index (χ3v) is 8.14. The number of hydrogen-bond donors (Lipinski definition) is 0. The van der Waals surface area contributed by atoms with Crippen LogP contribution in [0, 0.1) is 11.8 Å². The fraction of sp³-hybridized carbons (Fsp3) is 0.559. The zero-order chi connectivity index (χ0) is 31.5. The molecule has 1 aliphatic carbocycles. The number of methoxy groups -OCH3 is 2. The Bertz CT molecular complexity index is 1240. The van der Waals surface area contributed by atoms with Crippen LogP contribution >= 0.6 is 0 Å². The summed E-state index contributed by atoms with van der Waals surface area (Å²) in [4.78, 5) is 38.9. The van der Waals surface area contributed by atoms with E-state index in [9.17, 15) is 14.4 Å². The average Bonchev–Trinajstić information content (AvgIpc) is 3.02. The molecule has 0 radical (unpaired) electrons. The average molecular weight is 613 g/mol. The van der Waals surface area contributed by atoms with E-state index in [1.54, 1.807) is 58.4 Å². The van der Waals surface area contributed by atoms with E-state index in [0.717, 1.165) is 19.3 Å². The highest BCUT2D eigenvalue weighted by molar-refractivity contribution is 5.89. The quantitative estimate of drug-likeness (QED) is 0.201. The van der Waals surface area contributed by atoms with Gasteiger partial charge in [-0.05, 0) is 69.6 Å². The molecule has 2 aliphatic rings.